The van der Waals surface area contributed by atoms with Crippen molar-refractivity contribution in [3.8, 4) is 0 Å². The van der Waals surface area contributed by atoms with Crippen molar-refractivity contribution in [2.45, 2.75) is 38.5 Å². The highest BCUT2D eigenvalue weighted by atomic mass is 16.2. The number of hydrogen-bond donors (Lipinski definition) is 1. The minimum absolute atomic E-state index is 0.238. The molecule has 0 aromatic rings. The zero-order chi connectivity index (χ0) is 8.81. The monoisotopic (exact) mass is 168 g/mol. The Morgan fingerprint density at radius 2 is 2.25 bits per heavy atom. The fraction of sp³-hybridized carbons (Fsp3) is 0.700. The maximum Gasteiger partial charge on any atom is 0.158 e. The second-order valence-corrected chi connectivity index (χ2v) is 3.23. The molecule has 0 aliphatic heterocycles. The van der Waals surface area contributed by atoms with Crippen LogP contribution in [0.4, 0.5) is 0 Å². The molecule has 12 heavy (non-hydrogen) atoms. The van der Waals surface area contributed by atoms with E-state index in [9.17, 15) is 4.79 Å². The number of hydrogen-bond acceptors (Lipinski definition) is 2. The van der Waals surface area contributed by atoms with E-state index < -0.39 is 0 Å². The predicted octanol–water partition coefficient (Wildman–Crippen LogP) is 1.83. The van der Waals surface area contributed by atoms with Crippen molar-refractivity contribution in [2.75, 3.05) is 6.61 Å². The van der Waals surface area contributed by atoms with Gasteiger partial charge in [-0.1, -0.05) is 6.08 Å². The van der Waals surface area contributed by atoms with Gasteiger partial charge in [-0.15, -0.1) is 0 Å². The molecular formula is C10H16O2. The van der Waals surface area contributed by atoms with Crippen molar-refractivity contribution >= 4 is 5.78 Å². The molecule has 2 heteroatoms. The van der Waals surface area contributed by atoms with Gasteiger partial charge in [-0.05, 0) is 37.7 Å². The number of aliphatic hydroxyl groups is 1. The van der Waals surface area contributed by atoms with Crippen molar-refractivity contribution < 1.29 is 9.90 Å². The van der Waals surface area contributed by atoms with Crippen LogP contribution in [0, 0.1) is 0 Å². The highest BCUT2D eigenvalue weighted by molar-refractivity contribution is 5.95. The number of Topliss-reactive ketones (excluding diaryl/α,β-unsaturated/α-hetero) is 1. The normalized spacial score (nSPS) is 17.8. The summed E-state index contributed by atoms with van der Waals surface area (Å²) >= 11 is 0. The van der Waals surface area contributed by atoms with Crippen LogP contribution in [-0.2, 0) is 4.79 Å². The quantitative estimate of drug-likeness (QED) is 0.650. The maximum absolute atomic E-state index is 11.3. The Kier molecular flexibility index (Phi) is 4.01. The lowest BCUT2D eigenvalue weighted by Gasteiger charge is -2.10. The molecule has 1 aliphatic carbocycles. The van der Waals surface area contributed by atoms with Gasteiger partial charge in [0.2, 0.25) is 0 Å². The van der Waals surface area contributed by atoms with E-state index in [0.29, 0.717) is 5.78 Å². The fourth-order valence-electron chi connectivity index (χ4n) is 1.48. The molecule has 0 heterocycles. The Labute approximate surface area is 73.3 Å². The number of carbonyl (C=O) groups excluding carboxylic acids is 1. The van der Waals surface area contributed by atoms with Gasteiger partial charge < -0.3 is 5.11 Å². The Morgan fingerprint density at radius 1 is 1.42 bits per heavy atom. The van der Waals surface area contributed by atoms with Gasteiger partial charge in [0.05, 0.1) is 0 Å². The van der Waals surface area contributed by atoms with E-state index in [1.807, 2.05) is 0 Å². The average molecular weight is 168 g/mol. The lowest BCUT2D eigenvalue weighted by molar-refractivity contribution is -0.116. The van der Waals surface area contributed by atoms with Gasteiger partial charge in [-0.3, -0.25) is 4.79 Å². The van der Waals surface area contributed by atoms with Crippen molar-refractivity contribution in [2.24, 2.45) is 0 Å². The molecule has 0 atom stereocenters. The Morgan fingerprint density at radius 3 is 2.92 bits per heavy atom. The molecule has 68 valence electrons. The molecule has 1 rings (SSSR count). The van der Waals surface area contributed by atoms with Gasteiger partial charge in [0.25, 0.3) is 0 Å². The van der Waals surface area contributed by atoms with Crippen LogP contribution in [0.25, 0.3) is 0 Å². The summed E-state index contributed by atoms with van der Waals surface area (Å²) in [6.07, 6.45) is 7.47. The summed E-state index contributed by atoms with van der Waals surface area (Å²) in [6.45, 7) is 0.238. The SMILES string of the molecule is O=C1CCCC=C1CCCCO. The van der Waals surface area contributed by atoms with Crippen molar-refractivity contribution in [3.05, 3.63) is 11.6 Å². The van der Waals surface area contributed by atoms with Gasteiger partial charge in [0, 0.05) is 13.0 Å². The van der Waals surface area contributed by atoms with Gasteiger partial charge in [-0.2, -0.15) is 0 Å². The Balaban J connectivity index is 2.29. The summed E-state index contributed by atoms with van der Waals surface area (Å²) < 4.78 is 0. The molecule has 0 aromatic heterocycles. The second kappa shape index (κ2) is 5.09. The van der Waals surface area contributed by atoms with Crippen LogP contribution in [0.15, 0.2) is 11.6 Å². The molecule has 0 fully saturated rings. The van der Waals surface area contributed by atoms with Gasteiger partial charge in [0.15, 0.2) is 5.78 Å². The molecule has 0 aromatic carbocycles. The summed E-state index contributed by atoms with van der Waals surface area (Å²) in [4.78, 5) is 11.3. The molecule has 2 nitrogen and oxygen atoms in total. The fourth-order valence-corrected chi connectivity index (χ4v) is 1.48. The third-order valence-corrected chi connectivity index (χ3v) is 2.21. The first-order chi connectivity index (χ1) is 5.84. The van der Waals surface area contributed by atoms with E-state index in [1.54, 1.807) is 0 Å². The first-order valence-electron chi connectivity index (χ1n) is 4.67. The maximum atomic E-state index is 11.3. The van der Waals surface area contributed by atoms with Crippen LogP contribution in [-0.4, -0.2) is 17.5 Å². The third kappa shape index (κ3) is 2.78. The van der Waals surface area contributed by atoms with Gasteiger partial charge in [-0.25, -0.2) is 0 Å². The van der Waals surface area contributed by atoms with Crippen molar-refractivity contribution in [1.29, 1.82) is 0 Å². The predicted molar refractivity (Wildman–Crippen MR) is 47.9 cm³/mol. The largest absolute Gasteiger partial charge is 0.396 e. The van der Waals surface area contributed by atoms with E-state index in [0.717, 1.165) is 44.1 Å². The topological polar surface area (TPSA) is 37.3 Å². The molecule has 0 radical (unpaired) electrons. The number of rotatable bonds is 4. The number of carbonyl (C=O) groups is 1. The highest BCUT2D eigenvalue weighted by Crippen LogP contribution is 2.18. The summed E-state index contributed by atoms with van der Waals surface area (Å²) in [7, 11) is 0. The molecule has 1 N–H and O–H groups in total. The van der Waals surface area contributed by atoms with E-state index in [-0.39, 0.29) is 6.61 Å². The third-order valence-electron chi connectivity index (χ3n) is 2.21. The molecule has 1 aliphatic rings. The van der Waals surface area contributed by atoms with Gasteiger partial charge >= 0.3 is 0 Å². The number of ketones is 1. The van der Waals surface area contributed by atoms with Crippen LogP contribution in [0.2, 0.25) is 0 Å². The van der Waals surface area contributed by atoms with Gasteiger partial charge in [0.1, 0.15) is 0 Å². The number of aliphatic hydroxyl groups excluding tert-OH is 1. The lowest BCUT2D eigenvalue weighted by Crippen LogP contribution is -2.06. The standard InChI is InChI=1S/C10H16O2/c11-8-4-3-6-9-5-1-2-7-10(9)12/h5,11H,1-4,6-8H2. The van der Waals surface area contributed by atoms with Crippen LogP contribution in [0.3, 0.4) is 0 Å². The number of allylic oxidation sites excluding steroid dienone is 2. The van der Waals surface area contributed by atoms with E-state index >= 15 is 0 Å². The molecule has 0 saturated carbocycles. The zero-order valence-electron chi connectivity index (χ0n) is 7.38. The minimum Gasteiger partial charge on any atom is -0.396 e. The van der Waals surface area contributed by atoms with E-state index in [2.05, 4.69) is 6.08 Å². The number of unbranched alkanes of at least 4 members (excludes halogenated alkanes) is 1. The van der Waals surface area contributed by atoms with E-state index in [4.69, 9.17) is 5.11 Å². The smallest absolute Gasteiger partial charge is 0.158 e. The summed E-state index contributed by atoms with van der Waals surface area (Å²) in [5.41, 5.74) is 0.995. The lowest BCUT2D eigenvalue weighted by atomic mass is 9.94. The van der Waals surface area contributed by atoms with Crippen molar-refractivity contribution in [1.82, 2.24) is 0 Å². The first kappa shape index (κ1) is 9.46. The summed E-state index contributed by atoms with van der Waals surface area (Å²) in [5, 5.41) is 8.56. The van der Waals surface area contributed by atoms with Crippen molar-refractivity contribution in [3.63, 3.8) is 0 Å². The summed E-state index contributed by atoms with van der Waals surface area (Å²) in [5.74, 6) is 0.319. The average Bonchev–Trinajstić information content (AvgIpc) is 2.09. The highest BCUT2D eigenvalue weighted by Gasteiger charge is 2.12. The van der Waals surface area contributed by atoms with Crippen LogP contribution < -0.4 is 0 Å². The molecule has 0 saturated heterocycles. The minimum atomic E-state index is 0.238. The van der Waals surface area contributed by atoms with E-state index in [1.165, 1.54) is 0 Å². The summed E-state index contributed by atoms with van der Waals surface area (Å²) in [6, 6.07) is 0. The molecule has 0 spiro atoms. The van der Waals surface area contributed by atoms with Crippen LogP contribution >= 0.6 is 0 Å². The second-order valence-electron chi connectivity index (χ2n) is 3.23. The van der Waals surface area contributed by atoms with Crippen LogP contribution in [0.1, 0.15) is 38.5 Å². The Bertz CT molecular complexity index is 182. The molecule has 0 bridgehead atoms. The zero-order valence-corrected chi connectivity index (χ0v) is 7.38. The molecule has 0 amide bonds. The molecule has 0 unspecified atom stereocenters. The Hall–Kier alpha value is -0.630. The molecular weight excluding hydrogens is 152 g/mol. The first-order valence-corrected chi connectivity index (χ1v) is 4.67. The van der Waals surface area contributed by atoms with Crippen LogP contribution in [0.5, 0.6) is 0 Å².